The van der Waals surface area contributed by atoms with Gasteiger partial charge in [0, 0.05) is 23.1 Å². The molecule has 1 fully saturated rings. The van der Waals surface area contributed by atoms with Crippen molar-refractivity contribution in [2.24, 2.45) is 0 Å². The van der Waals surface area contributed by atoms with Gasteiger partial charge in [-0.15, -0.1) is 0 Å². The quantitative estimate of drug-likeness (QED) is 0.813. The van der Waals surface area contributed by atoms with Crippen molar-refractivity contribution in [3.05, 3.63) is 39.2 Å². The summed E-state index contributed by atoms with van der Waals surface area (Å²) in [5.41, 5.74) is -0.0132. The van der Waals surface area contributed by atoms with E-state index in [0.29, 0.717) is 18.6 Å². The van der Waals surface area contributed by atoms with E-state index in [4.69, 9.17) is 4.74 Å². The number of fused-ring (bicyclic) bond motifs is 1. The van der Waals surface area contributed by atoms with Gasteiger partial charge in [0.1, 0.15) is 0 Å². The molecule has 0 unspecified atom stereocenters. The van der Waals surface area contributed by atoms with Gasteiger partial charge in [-0.3, -0.25) is 4.79 Å². The predicted octanol–water partition coefficient (Wildman–Crippen LogP) is 2.51. The highest BCUT2D eigenvalue weighted by atomic mass is 79.9. The van der Waals surface area contributed by atoms with E-state index in [1.807, 2.05) is 18.2 Å². The lowest BCUT2D eigenvalue weighted by molar-refractivity contribution is 0.0650. The lowest BCUT2D eigenvalue weighted by Crippen LogP contribution is -2.31. The minimum atomic E-state index is -0.0132. The number of rotatable bonds is 1. The molecule has 0 amide bonds. The maximum Gasteiger partial charge on any atom is 0.274 e. The number of hydrogen-bond acceptors (Lipinski definition) is 3. The van der Waals surface area contributed by atoms with Gasteiger partial charge in [-0.25, -0.2) is 4.68 Å². The molecule has 0 radical (unpaired) electrons. The van der Waals surface area contributed by atoms with Gasteiger partial charge in [-0.2, -0.15) is 5.10 Å². The van der Waals surface area contributed by atoms with Gasteiger partial charge in [-0.05, 0) is 25.0 Å². The molecule has 5 heteroatoms. The van der Waals surface area contributed by atoms with Gasteiger partial charge in [-0.1, -0.05) is 22.0 Å². The third-order valence-corrected chi connectivity index (χ3v) is 3.80. The van der Waals surface area contributed by atoms with Crippen LogP contribution in [-0.4, -0.2) is 23.0 Å². The van der Waals surface area contributed by atoms with Gasteiger partial charge in [0.05, 0.1) is 17.6 Å². The molecule has 2 heterocycles. The summed E-state index contributed by atoms with van der Waals surface area (Å²) in [5.74, 6) is 0. The molecule has 1 aliphatic heterocycles. The smallest absolute Gasteiger partial charge is 0.274 e. The number of nitrogens with zero attached hydrogens (tertiary/aromatic N) is 2. The second-order valence-corrected chi connectivity index (χ2v) is 5.39. The number of benzene rings is 1. The molecule has 0 bridgehead atoms. The summed E-state index contributed by atoms with van der Waals surface area (Å²) in [6, 6.07) is 5.84. The highest BCUT2D eigenvalue weighted by Gasteiger charge is 2.18. The van der Waals surface area contributed by atoms with Crippen molar-refractivity contribution >= 4 is 26.7 Å². The molecule has 18 heavy (non-hydrogen) atoms. The van der Waals surface area contributed by atoms with Crippen molar-refractivity contribution in [3.63, 3.8) is 0 Å². The maximum absolute atomic E-state index is 12.4. The summed E-state index contributed by atoms with van der Waals surface area (Å²) >= 11 is 3.40. The van der Waals surface area contributed by atoms with Crippen LogP contribution in [-0.2, 0) is 4.74 Å². The summed E-state index contributed by atoms with van der Waals surface area (Å²) in [5, 5.41) is 5.89. The standard InChI is InChI=1S/C13H13BrN2O2/c14-10-2-1-9-8-15-16(13(17)12(9)7-10)11-3-5-18-6-4-11/h1-2,7-8,11H,3-6H2. The molecule has 0 atom stereocenters. The Morgan fingerprint density at radius 3 is 2.89 bits per heavy atom. The predicted molar refractivity (Wildman–Crippen MR) is 72.8 cm³/mol. The first kappa shape index (κ1) is 11.9. The second kappa shape index (κ2) is 4.82. The fourth-order valence-electron chi connectivity index (χ4n) is 2.32. The largest absolute Gasteiger partial charge is 0.381 e. The first-order chi connectivity index (χ1) is 8.75. The van der Waals surface area contributed by atoms with Gasteiger partial charge in [0.25, 0.3) is 5.56 Å². The normalized spacial score (nSPS) is 17.2. The first-order valence-corrected chi connectivity index (χ1v) is 6.80. The van der Waals surface area contributed by atoms with Gasteiger partial charge < -0.3 is 4.74 Å². The number of hydrogen-bond donors (Lipinski definition) is 0. The van der Waals surface area contributed by atoms with Crippen LogP contribution in [0.3, 0.4) is 0 Å². The third-order valence-electron chi connectivity index (χ3n) is 3.31. The van der Waals surface area contributed by atoms with Crippen LogP contribution in [0.25, 0.3) is 10.8 Å². The van der Waals surface area contributed by atoms with Crippen molar-refractivity contribution in [2.45, 2.75) is 18.9 Å². The van der Waals surface area contributed by atoms with E-state index in [2.05, 4.69) is 21.0 Å². The van der Waals surface area contributed by atoms with Crippen molar-refractivity contribution in [1.29, 1.82) is 0 Å². The van der Waals surface area contributed by atoms with Crippen LogP contribution < -0.4 is 5.56 Å². The zero-order valence-electron chi connectivity index (χ0n) is 9.80. The summed E-state index contributed by atoms with van der Waals surface area (Å²) in [4.78, 5) is 12.4. The van der Waals surface area contributed by atoms with Crippen molar-refractivity contribution < 1.29 is 4.74 Å². The Bertz CT molecular complexity index is 632. The van der Waals surface area contributed by atoms with Crippen molar-refractivity contribution in [1.82, 2.24) is 9.78 Å². The fraction of sp³-hybridized carbons (Fsp3) is 0.385. The van der Waals surface area contributed by atoms with Crippen LogP contribution in [0.15, 0.2) is 33.7 Å². The molecule has 3 rings (SSSR count). The van der Waals surface area contributed by atoms with E-state index in [0.717, 1.165) is 22.7 Å². The molecule has 2 aromatic rings. The SMILES string of the molecule is O=c1c2cc(Br)ccc2cnn1C1CCOCC1. The van der Waals surface area contributed by atoms with Crippen LogP contribution in [0.5, 0.6) is 0 Å². The van der Waals surface area contributed by atoms with E-state index in [-0.39, 0.29) is 11.6 Å². The summed E-state index contributed by atoms with van der Waals surface area (Å²) in [6.45, 7) is 1.41. The van der Waals surface area contributed by atoms with Crippen molar-refractivity contribution in [3.8, 4) is 0 Å². The van der Waals surface area contributed by atoms with E-state index in [9.17, 15) is 4.79 Å². The third kappa shape index (κ3) is 2.08. The van der Waals surface area contributed by atoms with Crippen LogP contribution in [0, 0.1) is 0 Å². The van der Waals surface area contributed by atoms with Crippen LogP contribution in [0.4, 0.5) is 0 Å². The number of ether oxygens (including phenoxy) is 1. The molecule has 0 saturated carbocycles. The maximum atomic E-state index is 12.4. The summed E-state index contributed by atoms with van der Waals surface area (Å²) < 4.78 is 7.84. The average molecular weight is 309 g/mol. The highest BCUT2D eigenvalue weighted by molar-refractivity contribution is 9.10. The zero-order chi connectivity index (χ0) is 12.5. The first-order valence-electron chi connectivity index (χ1n) is 6.00. The molecular weight excluding hydrogens is 296 g/mol. The molecule has 0 spiro atoms. The Kier molecular flexibility index (Phi) is 3.18. The lowest BCUT2D eigenvalue weighted by Gasteiger charge is -2.23. The average Bonchev–Trinajstić information content (AvgIpc) is 2.41. The van der Waals surface area contributed by atoms with E-state index >= 15 is 0 Å². The minimum absolute atomic E-state index is 0.0132. The monoisotopic (exact) mass is 308 g/mol. The molecule has 94 valence electrons. The molecule has 1 aromatic carbocycles. The zero-order valence-corrected chi connectivity index (χ0v) is 11.4. The second-order valence-electron chi connectivity index (χ2n) is 4.47. The molecule has 4 nitrogen and oxygen atoms in total. The molecular formula is C13H13BrN2O2. The molecule has 1 aliphatic rings. The van der Waals surface area contributed by atoms with Crippen LogP contribution in [0.2, 0.25) is 0 Å². The molecule has 1 saturated heterocycles. The topological polar surface area (TPSA) is 44.1 Å². The van der Waals surface area contributed by atoms with Gasteiger partial charge >= 0.3 is 0 Å². The van der Waals surface area contributed by atoms with E-state index in [1.54, 1.807) is 10.9 Å². The Balaban J connectivity index is 2.13. The molecule has 0 N–H and O–H groups in total. The Morgan fingerprint density at radius 1 is 1.33 bits per heavy atom. The molecule has 1 aromatic heterocycles. The lowest BCUT2D eigenvalue weighted by atomic mass is 10.1. The van der Waals surface area contributed by atoms with Crippen molar-refractivity contribution in [2.75, 3.05) is 13.2 Å². The minimum Gasteiger partial charge on any atom is -0.381 e. The van der Waals surface area contributed by atoms with Gasteiger partial charge in [0.15, 0.2) is 0 Å². The van der Waals surface area contributed by atoms with Crippen LogP contribution >= 0.6 is 15.9 Å². The Labute approximate surface area is 113 Å². The van der Waals surface area contributed by atoms with Crippen LogP contribution in [0.1, 0.15) is 18.9 Å². The van der Waals surface area contributed by atoms with E-state index < -0.39 is 0 Å². The summed E-state index contributed by atoms with van der Waals surface area (Å²) in [6.07, 6.45) is 3.47. The summed E-state index contributed by atoms with van der Waals surface area (Å²) in [7, 11) is 0. The van der Waals surface area contributed by atoms with Gasteiger partial charge in [0.2, 0.25) is 0 Å². The number of halogens is 1. The van der Waals surface area contributed by atoms with E-state index in [1.165, 1.54) is 0 Å². The Morgan fingerprint density at radius 2 is 2.11 bits per heavy atom. The number of aromatic nitrogens is 2. The molecule has 0 aliphatic carbocycles. The fourth-order valence-corrected chi connectivity index (χ4v) is 2.68. The Hall–Kier alpha value is -1.20. The highest BCUT2D eigenvalue weighted by Crippen LogP contribution is 2.20.